The van der Waals surface area contributed by atoms with Crippen molar-refractivity contribution in [1.82, 2.24) is 4.90 Å². The first-order chi connectivity index (χ1) is 12.7. The molecule has 0 unspecified atom stereocenters. The van der Waals surface area contributed by atoms with Crippen LogP contribution >= 0.6 is 0 Å². The molecule has 4 heteroatoms. The van der Waals surface area contributed by atoms with Crippen LogP contribution in [0.1, 0.15) is 47.2 Å². The second kappa shape index (κ2) is 8.75. The third-order valence-electron chi connectivity index (χ3n) is 4.84. The van der Waals surface area contributed by atoms with Gasteiger partial charge in [-0.25, -0.2) is 0 Å². The number of benzene rings is 2. The van der Waals surface area contributed by atoms with Gasteiger partial charge >= 0.3 is 0 Å². The predicted octanol–water partition coefficient (Wildman–Crippen LogP) is 4.60. The fraction of sp³-hybridized carbons (Fsp3) is 0.409. The molecule has 3 rings (SSSR count). The Kier molecular flexibility index (Phi) is 6.16. The smallest absolute Gasteiger partial charge is 0.253 e. The fourth-order valence-corrected chi connectivity index (χ4v) is 3.28. The topological polar surface area (TPSA) is 38.8 Å². The van der Waals surface area contributed by atoms with Gasteiger partial charge in [-0.2, -0.15) is 0 Å². The van der Waals surface area contributed by atoms with Gasteiger partial charge in [-0.3, -0.25) is 4.79 Å². The molecule has 2 aromatic carbocycles. The molecule has 1 saturated heterocycles. The summed E-state index contributed by atoms with van der Waals surface area (Å²) in [5, 5.41) is 0. The van der Waals surface area contributed by atoms with Gasteiger partial charge in [0.15, 0.2) is 0 Å². The van der Waals surface area contributed by atoms with Crippen LogP contribution in [0, 0.1) is 6.92 Å². The molecule has 0 radical (unpaired) electrons. The van der Waals surface area contributed by atoms with Crippen molar-refractivity contribution in [2.75, 3.05) is 20.2 Å². The monoisotopic (exact) mass is 353 g/mol. The first kappa shape index (κ1) is 18.3. The van der Waals surface area contributed by atoms with Crippen LogP contribution in [0.2, 0.25) is 0 Å². The highest BCUT2D eigenvalue weighted by atomic mass is 16.5. The minimum absolute atomic E-state index is 0.103. The number of hydrogen-bond acceptors (Lipinski definition) is 3. The van der Waals surface area contributed by atoms with Crippen molar-refractivity contribution in [2.45, 2.75) is 39.2 Å². The molecule has 1 aliphatic rings. The highest BCUT2D eigenvalue weighted by Gasteiger charge is 2.18. The lowest BCUT2D eigenvalue weighted by atomic mass is 10.1. The van der Waals surface area contributed by atoms with E-state index in [1.165, 1.54) is 18.4 Å². The van der Waals surface area contributed by atoms with Gasteiger partial charge in [0.05, 0.1) is 7.11 Å². The van der Waals surface area contributed by atoms with Gasteiger partial charge in [-0.05, 0) is 50.1 Å². The number of ether oxygens (including phenoxy) is 2. The third kappa shape index (κ3) is 4.57. The van der Waals surface area contributed by atoms with Gasteiger partial charge in [-0.15, -0.1) is 0 Å². The molecule has 0 bridgehead atoms. The fourth-order valence-electron chi connectivity index (χ4n) is 3.28. The first-order valence-electron chi connectivity index (χ1n) is 9.33. The van der Waals surface area contributed by atoms with Gasteiger partial charge in [0.1, 0.15) is 18.1 Å². The number of methoxy groups -OCH3 is 1. The Morgan fingerprint density at radius 2 is 1.69 bits per heavy atom. The van der Waals surface area contributed by atoms with E-state index in [1.54, 1.807) is 7.11 Å². The van der Waals surface area contributed by atoms with E-state index in [0.717, 1.165) is 43.0 Å². The quantitative estimate of drug-likeness (QED) is 0.788. The second-order valence-corrected chi connectivity index (χ2v) is 6.83. The van der Waals surface area contributed by atoms with E-state index in [1.807, 2.05) is 54.3 Å². The minimum Gasteiger partial charge on any atom is -0.496 e. The maximum Gasteiger partial charge on any atom is 0.253 e. The molecule has 1 fully saturated rings. The summed E-state index contributed by atoms with van der Waals surface area (Å²) in [7, 11) is 1.64. The summed E-state index contributed by atoms with van der Waals surface area (Å²) in [5.41, 5.74) is 2.78. The van der Waals surface area contributed by atoms with Crippen molar-refractivity contribution in [2.24, 2.45) is 0 Å². The maximum absolute atomic E-state index is 12.9. The highest BCUT2D eigenvalue weighted by molar-refractivity contribution is 5.94. The van der Waals surface area contributed by atoms with E-state index < -0.39 is 0 Å². The molecule has 138 valence electrons. The van der Waals surface area contributed by atoms with Crippen molar-refractivity contribution in [3.8, 4) is 11.5 Å². The van der Waals surface area contributed by atoms with Crippen LogP contribution in [0.3, 0.4) is 0 Å². The summed E-state index contributed by atoms with van der Waals surface area (Å²) in [6.07, 6.45) is 4.60. The Morgan fingerprint density at radius 1 is 1.00 bits per heavy atom. The Bertz CT molecular complexity index is 732. The van der Waals surface area contributed by atoms with Gasteiger partial charge in [0.2, 0.25) is 0 Å². The van der Waals surface area contributed by atoms with Gasteiger partial charge in [0.25, 0.3) is 5.91 Å². The van der Waals surface area contributed by atoms with Crippen LogP contribution in [0.4, 0.5) is 0 Å². The van der Waals surface area contributed by atoms with Gasteiger partial charge < -0.3 is 14.4 Å². The largest absolute Gasteiger partial charge is 0.496 e. The molecule has 1 aliphatic heterocycles. The van der Waals surface area contributed by atoms with Crippen molar-refractivity contribution >= 4 is 5.91 Å². The van der Waals surface area contributed by atoms with Crippen LogP contribution in [-0.2, 0) is 6.61 Å². The number of carbonyl (C=O) groups excluding carboxylic acids is 1. The number of aryl methyl sites for hydroxylation is 1. The summed E-state index contributed by atoms with van der Waals surface area (Å²) in [5.74, 6) is 1.65. The molecule has 2 aromatic rings. The average molecular weight is 353 g/mol. The molecule has 26 heavy (non-hydrogen) atoms. The summed E-state index contributed by atoms with van der Waals surface area (Å²) >= 11 is 0. The number of hydrogen-bond donors (Lipinski definition) is 0. The van der Waals surface area contributed by atoms with E-state index in [0.29, 0.717) is 12.2 Å². The van der Waals surface area contributed by atoms with Gasteiger partial charge in [-0.1, -0.05) is 30.5 Å². The zero-order valence-electron chi connectivity index (χ0n) is 15.7. The predicted molar refractivity (Wildman–Crippen MR) is 103 cm³/mol. The molecule has 0 aliphatic carbocycles. The van der Waals surface area contributed by atoms with Crippen LogP contribution in [0.5, 0.6) is 11.5 Å². The van der Waals surface area contributed by atoms with Crippen molar-refractivity contribution < 1.29 is 14.3 Å². The van der Waals surface area contributed by atoms with Crippen LogP contribution in [0.15, 0.2) is 42.5 Å². The maximum atomic E-state index is 12.9. The summed E-state index contributed by atoms with van der Waals surface area (Å²) < 4.78 is 11.3. The van der Waals surface area contributed by atoms with Crippen LogP contribution in [0.25, 0.3) is 0 Å². The first-order valence-corrected chi connectivity index (χ1v) is 9.33. The SMILES string of the molecule is COc1ccc(C(=O)N2CCCCCC2)cc1COc1ccc(C)cc1. The Hall–Kier alpha value is -2.49. The molecule has 0 N–H and O–H groups in total. The second-order valence-electron chi connectivity index (χ2n) is 6.83. The minimum atomic E-state index is 0.103. The molecule has 0 saturated carbocycles. The number of carbonyl (C=O) groups is 1. The molecule has 0 atom stereocenters. The lowest BCUT2D eigenvalue weighted by molar-refractivity contribution is 0.0761. The molecule has 1 amide bonds. The van der Waals surface area contributed by atoms with E-state index in [-0.39, 0.29) is 5.91 Å². The number of amides is 1. The molecule has 4 nitrogen and oxygen atoms in total. The lowest BCUT2D eigenvalue weighted by Crippen LogP contribution is -2.31. The van der Waals surface area contributed by atoms with Gasteiger partial charge in [0, 0.05) is 24.2 Å². The van der Waals surface area contributed by atoms with E-state index in [9.17, 15) is 4.79 Å². The van der Waals surface area contributed by atoms with E-state index in [4.69, 9.17) is 9.47 Å². The number of rotatable bonds is 5. The highest BCUT2D eigenvalue weighted by Crippen LogP contribution is 2.24. The summed E-state index contributed by atoms with van der Waals surface area (Å²) in [6, 6.07) is 13.6. The Balaban J connectivity index is 1.74. The Morgan fingerprint density at radius 3 is 2.35 bits per heavy atom. The third-order valence-corrected chi connectivity index (χ3v) is 4.84. The number of nitrogens with zero attached hydrogens (tertiary/aromatic N) is 1. The Labute approximate surface area is 155 Å². The van der Waals surface area contributed by atoms with Crippen molar-refractivity contribution in [1.29, 1.82) is 0 Å². The summed E-state index contributed by atoms with van der Waals surface area (Å²) in [4.78, 5) is 14.8. The normalized spacial score (nSPS) is 14.6. The molecule has 0 spiro atoms. The molecular formula is C22H27NO3. The zero-order chi connectivity index (χ0) is 18.4. The van der Waals surface area contributed by atoms with Crippen LogP contribution in [-0.4, -0.2) is 31.0 Å². The lowest BCUT2D eigenvalue weighted by Gasteiger charge is -2.21. The number of likely N-dealkylation sites (tertiary alicyclic amines) is 1. The van der Waals surface area contributed by atoms with E-state index >= 15 is 0 Å². The molecule has 1 heterocycles. The van der Waals surface area contributed by atoms with Crippen LogP contribution < -0.4 is 9.47 Å². The molecule has 0 aromatic heterocycles. The molecular weight excluding hydrogens is 326 g/mol. The van der Waals surface area contributed by atoms with Crippen molar-refractivity contribution in [3.63, 3.8) is 0 Å². The van der Waals surface area contributed by atoms with E-state index in [2.05, 4.69) is 0 Å². The summed E-state index contributed by atoms with van der Waals surface area (Å²) in [6.45, 7) is 4.11. The average Bonchev–Trinajstić information content (AvgIpc) is 2.96. The van der Waals surface area contributed by atoms with Crippen molar-refractivity contribution in [3.05, 3.63) is 59.2 Å². The zero-order valence-corrected chi connectivity index (χ0v) is 15.7. The standard InChI is InChI=1S/C22H27NO3/c1-17-7-10-20(11-8-17)26-16-19-15-18(9-12-21(19)25-2)22(24)23-13-5-3-4-6-14-23/h7-12,15H,3-6,13-14,16H2,1-2H3.